The summed E-state index contributed by atoms with van der Waals surface area (Å²) in [5.74, 6) is 0.946. The van der Waals surface area contributed by atoms with Crippen LogP contribution in [0, 0.1) is 13.8 Å². The van der Waals surface area contributed by atoms with E-state index in [9.17, 15) is 0 Å². The molecule has 2 atom stereocenters. The third-order valence-electron chi connectivity index (χ3n) is 5.55. The summed E-state index contributed by atoms with van der Waals surface area (Å²) in [5.41, 5.74) is 1.17. The van der Waals surface area contributed by atoms with Crippen LogP contribution >= 0.6 is 11.3 Å². The van der Waals surface area contributed by atoms with Crippen molar-refractivity contribution in [1.82, 2.24) is 20.5 Å². The molecule has 2 unspecified atom stereocenters. The molecule has 0 spiro atoms. The number of rotatable bonds is 4. The van der Waals surface area contributed by atoms with Gasteiger partial charge in [-0.2, -0.15) is 0 Å². The van der Waals surface area contributed by atoms with E-state index in [2.05, 4.69) is 46.4 Å². The molecule has 0 radical (unpaired) electrons. The highest BCUT2D eigenvalue weighted by Crippen LogP contribution is 2.32. The van der Waals surface area contributed by atoms with E-state index >= 15 is 0 Å². The molecule has 24 heavy (non-hydrogen) atoms. The number of hydrogen-bond acceptors (Lipinski definition) is 4. The minimum atomic E-state index is 0.551. The Balaban J connectivity index is 1.48. The van der Waals surface area contributed by atoms with E-state index < -0.39 is 0 Å². The number of aryl methyl sites for hydroxylation is 2. The highest BCUT2D eigenvalue weighted by Gasteiger charge is 2.36. The lowest BCUT2D eigenvalue weighted by molar-refractivity contribution is 0.0526. The van der Waals surface area contributed by atoms with Gasteiger partial charge in [-0.15, -0.1) is 11.3 Å². The molecule has 5 nitrogen and oxygen atoms in total. The van der Waals surface area contributed by atoms with E-state index in [-0.39, 0.29) is 0 Å². The van der Waals surface area contributed by atoms with Gasteiger partial charge in [0.15, 0.2) is 5.96 Å². The van der Waals surface area contributed by atoms with Crippen LogP contribution in [0.2, 0.25) is 0 Å². The van der Waals surface area contributed by atoms with Gasteiger partial charge >= 0.3 is 0 Å². The number of aliphatic imine (C=N–C) groups is 1. The van der Waals surface area contributed by atoms with Crippen LogP contribution in [-0.4, -0.2) is 54.6 Å². The number of aromatic nitrogens is 1. The largest absolute Gasteiger partial charge is 0.356 e. The Morgan fingerprint density at radius 3 is 2.58 bits per heavy atom. The zero-order valence-corrected chi connectivity index (χ0v) is 16.2. The summed E-state index contributed by atoms with van der Waals surface area (Å²) in [6, 6.07) is 2.04. The Kier molecular flexibility index (Phi) is 5.76. The third-order valence-corrected chi connectivity index (χ3v) is 6.68. The first-order valence-electron chi connectivity index (χ1n) is 9.19. The average Bonchev–Trinajstić information content (AvgIpc) is 2.85. The van der Waals surface area contributed by atoms with Crippen LogP contribution in [0.1, 0.15) is 47.7 Å². The van der Waals surface area contributed by atoms with Crippen LogP contribution in [0.15, 0.2) is 4.99 Å². The fraction of sp³-hybridized carbons (Fsp3) is 0.778. The summed E-state index contributed by atoms with van der Waals surface area (Å²) in [6.07, 6.45) is 7.58. The lowest BCUT2D eigenvalue weighted by Gasteiger charge is -2.47. The molecule has 6 heteroatoms. The quantitative estimate of drug-likeness (QED) is 0.648. The zero-order chi connectivity index (χ0) is 17.1. The molecule has 2 saturated heterocycles. The predicted octanol–water partition coefficient (Wildman–Crippen LogP) is 2.48. The summed E-state index contributed by atoms with van der Waals surface area (Å²) in [6.45, 7) is 5.08. The summed E-state index contributed by atoms with van der Waals surface area (Å²) in [4.78, 5) is 12.9. The molecule has 2 bridgehead atoms. The summed E-state index contributed by atoms with van der Waals surface area (Å²) >= 11 is 1.80. The second-order valence-corrected chi connectivity index (χ2v) is 8.49. The minimum absolute atomic E-state index is 0.551. The Bertz CT molecular complexity index is 568. The fourth-order valence-corrected chi connectivity index (χ4v) is 5.16. The van der Waals surface area contributed by atoms with Crippen molar-refractivity contribution in [3.8, 4) is 0 Å². The molecule has 3 rings (SSSR count). The molecule has 0 saturated carbocycles. The summed E-state index contributed by atoms with van der Waals surface area (Å²) in [5, 5.41) is 8.30. The number of piperidine rings is 2. The third kappa shape index (κ3) is 4.09. The fourth-order valence-electron chi connectivity index (χ4n) is 4.22. The maximum atomic E-state index is 4.50. The number of hydrogen-bond donors (Lipinski definition) is 2. The van der Waals surface area contributed by atoms with E-state index in [1.807, 2.05) is 7.05 Å². The first-order chi connectivity index (χ1) is 11.6. The van der Waals surface area contributed by atoms with E-state index in [0.717, 1.165) is 36.0 Å². The van der Waals surface area contributed by atoms with E-state index in [1.165, 1.54) is 42.7 Å². The molecule has 3 heterocycles. The Morgan fingerprint density at radius 2 is 2.00 bits per heavy atom. The van der Waals surface area contributed by atoms with Crippen molar-refractivity contribution in [2.75, 3.05) is 20.6 Å². The standard InChI is InChI=1S/C18H31N5S/c1-12-17(24-13(2)21-12)8-9-20-18(19-3)22-14-10-15-6-5-7-16(11-14)23(15)4/h14-16H,5-11H2,1-4H3,(H2,19,20,22). The van der Waals surface area contributed by atoms with Crippen molar-refractivity contribution >= 4 is 17.3 Å². The first kappa shape index (κ1) is 17.7. The molecular weight excluding hydrogens is 318 g/mol. The van der Waals surface area contributed by atoms with Gasteiger partial charge in [-0.1, -0.05) is 6.42 Å². The zero-order valence-electron chi connectivity index (χ0n) is 15.4. The number of thiazole rings is 1. The van der Waals surface area contributed by atoms with Crippen LogP contribution in [-0.2, 0) is 6.42 Å². The van der Waals surface area contributed by atoms with Crippen molar-refractivity contribution in [2.24, 2.45) is 4.99 Å². The normalized spacial score (nSPS) is 28.0. The Labute approximate surface area is 150 Å². The van der Waals surface area contributed by atoms with Gasteiger partial charge in [0, 0.05) is 43.0 Å². The SMILES string of the molecule is CN=C(NCCc1sc(C)nc1C)NC1CC2CCCC(C1)N2C. The number of nitrogens with zero attached hydrogens (tertiary/aromatic N) is 3. The number of guanidine groups is 1. The lowest BCUT2D eigenvalue weighted by Crippen LogP contribution is -2.56. The van der Waals surface area contributed by atoms with Crippen LogP contribution in [0.5, 0.6) is 0 Å². The Morgan fingerprint density at radius 1 is 1.29 bits per heavy atom. The molecule has 0 amide bonds. The average molecular weight is 350 g/mol. The summed E-state index contributed by atoms with van der Waals surface area (Å²) < 4.78 is 0. The molecular formula is C18H31N5S. The molecule has 134 valence electrons. The second-order valence-electron chi connectivity index (χ2n) is 7.21. The van der Waals surface area contributed by atoms with Gasteiger partial charge in [0.1, 0.15) is 0 Å². The van der Waals surface area contributed by atoms with Crippen molar-refractivity contribution in [3.05, 3.63) is 15.6 Å². The van der Waals surface area contributed by atoms with Gasteiger partial charge in [0.25, 0.3) is 0 Å². The number of fused-ring (bicyclic) bond motifs is 2. The molecule has 2 aliphatic rings. The maximum Gasteiger partial charge on any atom is 0.191 e. The van der Waals surface area contributed by atoms with Crippen molar-refractivity contribution in [2.45, 2.75) is 70.5 Å². The van der Waals surface area contributed by atoms with E-state index in [4.69, 9.17) is 0 Å². The molecule has 2 aliphatic heterocycles. The van der Waals surface area contributed by atoms with Crippen molar-refractivity contribution in [1.29, 1.82) is 0 Å². The molecule has 0 aromatic carbocycles. The van der Waals surface area contributed by atoms with Gasteiger partial charge in [-0.05, 0) is 46.6 Å². The first-order valence-corrected chi connectivity index (χ1v) is 10.0. The minimum Gasteiger partial charge on any atom is -0.356 e. The Hall–Kier alpha value is -1.14. The molecule has 2 N–H and O–H groups in total. The van der Waals surface area contributed by atoms with Crippen LogP contribution in [0.3, 0.4) is 0 Å². The van der Waals surface area contributed by atoms with Gasteiger partial charge < -0.3 is 15.5 Å². The van der Waals surface area contributed by atoms with Crippen LogP contribution < -0.4 is 10.6 Å². The van der Waals surface area contributed by atoms with Crippen molar-refractivity contribution < 1.29 is 0 Å². The number of nitrogens with one attached hydrogen (secondary N) is 2. The molecule has 1 aromatic rings. The lowest BCUT2D eigenvalue weighted by atomic mass is 9.82. The van der Waals surface area contributed by atoms with Gasteiger partial charge in [0.05, 0.1) is 10.7 Å². The van der Waals surface area contributed by atoms with E-state index in [0.29, 0.717) is 6.04 Å². The van der Waals surface area contributed by atoms with Crippen LogP contribution in [0.25, 0.3) is 0 Å². The molecule has 0 aliphatic carbocycles. The summed E-state index contributed by atoms with van der Waals surface area (Å²) in [7, 11) is 4.17. The van der Waals surface area contributed by atoms with Gasteiger partial charge in [-0.25, -0.2) is 4.98 Å². The predicted molar refractivity (Wildman–Crippen MR) is 102 cm³/mol. The highest BCUT2D eigenvalue weighted by atomic mass is 32.1. The molecule has 1 aromatic heterocycles. The second kappa shape index (κ2) is 7.83. The van der Waals surface area contributed by atoms with Gasteiger partial charge in [-0.3, -0.25) is 4.99 Å². The van der Waals surface area contributed by atoms with Gasteiger partial charge in [0.2, 0.25) is 0 Å². The highest BCUT2D eigenvalue weighted by molar-refractivity contribution is 7.11. The van der Waals surface area contributed by atoms with Crippen molar-refractivity contribution in [3.63, 3.8) is 0 Å². The monoisotopic (exact) mass is 349 g/mol. The molecule has 2 fully saturated rings. The van der Waals surface area contributed by atoms with E-state index in [1.54, 1.807) is 11.3 Å². The smallest absolute Gasteiger partial charge is 0.191 e. The maximum absolute atomic E-state index is 4.50. The topological polar surface area (TPSA) is 52.6 Å². The van der Waals surface area contributed by atoms with Crippen LogP contribution in [0.4, 0.5) is 0 Å².